The molecule has 3 N–H and O–H groups in total. The highest BCUT2D eigenvalue weighted by atomic mass is 35.5. The Balaban J connectivity index is 2.95. The van der Waals surface area contributed by atoms with Crippen LogP contribution >= 0.6 is 11.6 Å². The van der Waals surface area contributed by atoms with Crippen molar-refractivity contribution in [3.8, 4) is 11.8 Å². The molecule has 1 rings (SSSR count). The van der Waals surface area contributed by atoms with Crippen LogP contribution in [0.15, 0.2) is 18.2 Å². The second kappa shape index (κ2) is 4.99. The highest BCUT2D eigenvalue weighted by molar-refractivity contribution is 6.30. The SMILES string of the molecule is N#CCC(O)C(O)c1cc(Cl)ccc1O. The Kier molecular flexibility index (Phi) is 3.92. The van der Waals surface area contributed by atoms with Gasteiger partial charge in [-0.15, -0.1) is 0 Å². The molecule has 4 nitrogen and oxygen atoms in total. The van der Waals surface area contributed by atoms with Crippen molar-refractivity contribution < 1.29 is 15.3 Å². The van der Waals surface area contributed by atoms with Crippen LogP contribution in [-0.4, -0.2) is 21.4 Å². The highest BCUT2D eigenvalue weighted by Crippen LogP contribution is 2.29. The molecular formula is C10H10ClNO3. The Bertz CT molecular complexity index is 389. The Morgan fingerprint density at radius 3 is 2.67 bits per heavy atom. The predicted molar refractivity (Wildman–Crippen MR) is 54.3 cm³/mol. The van der Waals surface area contributed by atoms with Crippen molar-refractivity contribution >= 4 is 11.6 Å². The fourth-order valence-corrected chi connectivity index (χ4v) is 1.36. The van der Waals surface area contributed by atoms with Crippen molar-refractivity contribution in [3.05, 3.63) is 28.8 Å². The lowest BCUT2D eigenvalue weighted by Gasteiger charge is -2.16. The van der Waals surface area contributed by atoms with Crippen LogP contribution in [0.2, 0.25) is 5.02 Å². The number of aliphatic hydroxyl groups excluding tert-OH is 2. The zero-order chi connectivity index (χ0) is 11.4. The third-order valence-electron chi connectivity index (χ3n) is 1.97. The molecule has 0 aliphatic heterocycles. The average molecular weight is 228 g/mol. The van der Waals surface area contributed by atoms with E-state index in [1.165, 1.54) is 18.2 Å². The van der Waals surface area contributed by atoms with Crippen LogP contribution in [0.1, 0.15) is 18.1 Å². The van der Waals surface area contributed by atoms with Gasteiger partial charge in [-0.1, -0.05) is 11.6 Å². The summed E-state index contributed by atoms with van der Waals surface area (Å²) in [7, 11) is 0. The van der Waals surface area contributed by atoms with Gasteiger partial charge in [0.25, 0.3) is 0 Å². The van der Waals surface area contributed by atoms with Crippen LogP contribution in [-0.2, 0) is 0 Å². The molecule has 0 radical (unpaired) electrons. The number of nitriles is 1. The van der Waals surface area contributed by atoms with Crippen LogP contribution in [0.25, 0.3) is 0 Å². The first-order valence-corrected chi connectivity index (χ1v) is 4.65. The van der Waals surface area contributed by atoms with E-state index in [4.69, 9.17) is 16.9 Å². The van der Waals surface area contributed by atoms with E-state index < -0.39 is 12.2 Å². The lowest BCUT2D eigenvalue weighted by atomic mass is 10.0. The van der Waals surface area contributed by atoms with Crippen LogP contribution in [0.3, 0.4) is 0 Å². The van der Waals surface area contributed by atoms with Crippen molar-refractivity contribution in [3.63, 3.8) is 0 Å². The minimum Gasteiger partial charge on any atom is -0.508 e. The van der Waals surface area contributed by atoms with Gasteiger partial charge in [-0.25, -0.2) is 0 Å². The van der Waals surface area contributed by atoms with E-state index in [1.807, 2.05) is 0 Å². The molecule has 5 heteroatoms. The molecule has 0 aliphatic carbocycles. The highest BCUT2D eigenvalue weighted by Gasteiger charge is 2.21. The number of rotatable bonds is 3. The lowest BCUT2D eigenvalue weighted by molar-refractivity contribution is 0.0203. The molecule has 0 bridgehead atoms. The van der Waals surface area contributed by atoms with Crippen LogP contribution in [0.5, 0.6) is 5.75 Å². The lowest BCUT2D eigenvalue weighted by Crippen LogP contribution is -2.17. The minimum atomic E-state index is -1.32. The van der Waals surface area contributed by atoms with Gasteiger partial charge in [0.15, 0.2) is 0 Å². The van der Waals surface area contributed by atoms with Crippen LogP contribution in [0.4, 0.5) is 0 Å². The van der Waals surface area contributed by atoms with Crippen LogP contribution < -0.4 is 0 Å². The maximum Gasteiger partial charge on any atom is 0.121 e. The van der Waals surface area contributed by atoms with Gasteiger partial charge in [-0.3, -0.25) is 0 Å². The van der Waals surface area contributed by atoms with Crippen LogP contribution in [0, 0.1) is 11.3 Å². The van der Waals surface area contributed by atoms with E-state index in [2.05, 4.69) is 0 Å². The van der Waals surface area contributed by atoms with Gasteiger partial charge < -0.3 is 15.3 Å². The topological polar surface area (TPSA) is 84.5 Å². The van der Waals surface area contributed by atoms with E-state index in [0.717, 1.165) is 0 Å². The second-order valence-electron chi connectivity index (χ2n) is 3.08. The number of phenolic OH excluding ortho intramolecular Hbond substituents is 1. The molecule has 1 aromatic rings. The van der Waals surface area contributed by atoms with Crippen molar-refractivity contribution in [1.82, 2.24) is 0 Å². The Morgan fingerprint density at radius 2 is 2.07 bits per heavy atom. The maximum atomic E-state index is 9.61. The molecule has 1 aromatic carbocycles. The summed E-state index contributed by atoms with van der Waals surface area (Å²) >= 11 is 5.67. The molecule has 0 saturated heterocycles. The molecule has 15 heavy (non-hydrogen) atoms. The van der Waals surface area contributed by atoms with Crippen molar-refractivity contribution in [1.29, 1.82) is 5.26 Å². The number of hydrogen-bond donors (Lipinski definition) is 3. The fraction of sp³-hybridized carbons (Fsp3) is 0.300. The summed E-state index contributed by atoms with van der Waals surface area (Å²) in [5.74, 6) is -0.163. The smallest absolute Gasteiger partial charge is 0.121 e. The summed E-state index contributed by atoms with van der Waals surface area (Å²) in [6.45, 7) is 0. The first kappa shape index (κ1) is 11.8. The van der Waals surface area contributed by atoms with Gasteiger partial charge in [-0.05, 0) is 18.2 Å². The van der Waals surface area contributed by atoms with Gasteiger partial charge >= 0.3 is 0 Å². The van der Waals surface area contributed by atoms with Gasteiger partial charge in [0, 0.05) is 10.6 Å². The monoisotopic (exact) mass is 227 g/mol. The van der Waals surface area contributed by atoms with Crippen molar-refractivity contribution in [2.24, 2.45) is 0 Å². The molecule has 0 aliphatic rings. The first-order chi connectivity index (χ1) is 7.06. The number of benzene rings is 1. The summed E-state index contributed by atoms with van der Waals surface area (Å²) in [6.07, 6.45) is -2.77. The molecule has 0 aromatic heterocycles. The van der Waals surface area contributed by atoms with E-state index in [0.29, 0.717) is 5.02 Å². The summed E-state index contributed by atoms with van der Waals surface area (Å²) in [6, 6.07) is 5.86. The van der Waals surface area contributed by atoms with Gasteiger partial charge in [0.1, 0.15) is 11.9 Å². The fourth-order valence-electron chi connectivity index (χ4n) is 1.17. The molecule has 2 atom stereocenters. The zero-order valence-corrected chi connectivity index (χ0v) is 8.52. The summed E-state index contributed by atoms with van der Waals surface area (Å²) in [5, 5.41) is 37.1. The number of aromatic hydroxyl groups is 1. The van der Waals surface area contributed by atoms with E-state index in [9.17, 15) is 15.3 Å². The third-order valence-corrected chi connectivity index (χ3v) is 2.21. The molecule has 80 valence electrons. The number of halogens is 1. The summed E-state index contributed by atoms with van der Waals surface area (Å²) < 4.78 is 0. The normalized spacial score (nSPS) is 14.3. The van der Waals surface area contributed by atoms with Crippen molar-refractivity contribution in [2.75, 3.05) is 0 Å². The molecule has 0 amide bonds. The molecule has 0 saturated carbocycles. The Hall–Kier alpha value is -1.28. The number of aliphatic hydroxyl groups is 2. The maximum absolute atomic E-state index is 9.61. The largest absolute Gasteiger partial charge is 0.508 e. The molecule has 0 heterocycles. The Labute approximate surface area is 92.0 Å². The van der Waals surface area contributed by atoms with Gasteiger partial charge in [-0.2, -0.15) is 5.26 Å². The third kappa shape index (κ3) is 2.83. The second-order valence-corrected chi connectivity index (χ2v) is 3.51. The minimum absolute atomic E-state index is 0.116. The van der Waals surface area contributed by atoms with Gasteiger partial charge in [0.2, 0.25) is 0 Å². The van der Waals surface area contributed by atoms with E-state index >= 15 is 0 Å². The average Bonchev–Trinajstić information content (AvgIpc) is 2.21. The van der Waals surface area contributed by atoms with Gasteiger partial charge in [0.05, 0.1) is 18.6 Å². The standard InChI is InChI=1S/C10H10ClNO3/c11-6-1-2-8(13)7(5-6)10(15)9(14)3-4-12/h1-2,5,9-10,13-15H,3H2. The number of hydrogen-bond acceptors (Lipinski definition) is 4. The van der Waals surface area contributed by atoms with Crippen molar-refractivity contribution in [2.45, 2.75) is 18.6 Å². The molecule has 0 fully saturated rings. The first-order valence-electron chi connectivity index (χ1n) is 4.27. The van der Waals surface area contributed by atoms with E-state index in [1.54, 1.807) is 6.07 Å². The molecule has 2 unspecified atom stereocenters. The summed E-state index contributed by atoms with van der Waals surface area (Å²) in [4.78, 5) is 0. The number of nitrogens with zero attached hydrogens (tertiary/aromatic N) is 1. The Morgan fingerprint density at radius 1 is 1.40 bits per heavy atom. The molecular weight excluding hydrogens is 218 g/mol. The number of phenols is 1. The predicted octanol–water partition coefficient (Wildman–Crippen LogP) is 1.35. The molecule has 0 spiro atoms. The zero-order valence-electron chi connectivity index (χ0n) is 7.76. The van der Waals surface area contributed by atoms with E-state index in [-0.39, 0.29) is 17.7 Å². The quantitative estimate of drug-likeness (QED) is 0.728. The summed E-state index contributed by atoms with van der Waals surface area (Å²) in [5.41, 5.74) is 0.116.